The second-order valence-electron chi connectivity index (χ2n) is 4.23. The molecule has 0 aromatic heterocycles. The summed E-state index contributed by atoms with van der Waals surface area (Å²) in [4.78, 5) is 11.6. The number of urea groups is 1. The molecule has 104 valence electrons. The van der Waals surface area contributed by atoms with Crippen LogP contribution in [0.1, 0.15) is 5.56 Å². The van der Waals surface area contributed by atoms with Gasteiger partial charge in [0.25, 0.3) is 0 Å². The molecule has 2 amide bonds. The Hall–Kier alpha value is -1.88. The van der Waals surface area contributed by atoms with Crippen molar-refractivity contribution in [1.29, 1.82) is 0 Å². The number of hydrogen-bond donors (Lipinski definition) is 2. The number of amides is 2. The molecule has 3 nitrogen and oxygen atoms in total. The molecule has 0 fully saturated rings. The average Bonchev–Trinajstić information content (AvgIpc) is 2.41. The third kappa shape index (κ3) is 4.35. The first-order valence-corrected chi connectivity index (χ1v) is 6.98. The van der Waals surface area contributed by atoms with Gasteiger partial charge in [0.05, 0.1) is 0 Å². The summed E-state index contributed by atoms with van der Waals surface area (Å²) >= 11 is 3.46. The van der Waals surface area contributed by atoms with Gasteiger partial charge in [0.1, 0.15) is 5.82 Å². The van der Waals surface area contributed by atoms with Gasteiger partial charge >= 0.3 is 6.03 Å². The van der Waals surface area contributed by atoms with Crippen LogP contribution in [0.3, 0.4) is 0 Å². The zero-order valence-electron chi connectivity index (χ0n) is 10.7. The van der Waals surface area contributed by atoms with Crippen LogP contribution in [0.25, 0.3) is 0 Å². The molecule has 0 aliphatic heterocycles. The predicted octanol–water partition coefficient (Wildman–Crippen LogP) is 3.95. The second kappa shape index (κ2) is 7.05. The fraction of sp³-hybridized carbons (Fsp3) is 0.133. The molecule has 20 heavy (non-hydrogen) atoms. The Morgan fingerprint density at radius 2 is 1.95 bits per heavy atom. The smallest absolute Gasteiger partial charge is 0.319 e. The second-order valence-corrected chi connectivity index (χ2v) is 5.09. The normalized spacial score (nSPS) is 10.1. The van der Waals surface area contributed by atoms with Gasteiger partial charge < -0.3 is 10.6 Å². The van der Waals surface area contributed by atoms with Gasteiger partial charge in [-0.05, 0) is 36.2 Å². The van der Waals surface area contributed by atoms with Crippen LogP contribution in [0.5, 0.6) is 0 Å². The van der Waals surface area contributed by atoms with E-state index in [1.54, 1.807) is 12.1 Å². The molecule has 5 heteroatoms. The van der Waals surface area contributed by atoms with Gasteiger partial charge in [0.15, 0.2) is 0 Å². The summed E-state index contributed by atoms with van der Waals surface area (Å²) in [5.41, 5.74) is 1.56. The Morgan fingerprint density at radius 3 is 2.70 bits per heavy atom. The Bertz CT molecular complexity index is 604. The number of nitrogens with one attached hydrogen (secondary N) is 2. The maximum Gasteiger partial charge on any atom is 0.319 e. The summed E-state index contributed by atoms with van der Waals surface area (Å²) in [6.07, 6.45) is 0.720. The molecular weight excluding hydrogens is 323 g/mol. The fourth-order valence-corrected chi connectivity index (χ4v) is 2.24. The number of benzene rings is 2. The predicted molar refractivity (Wildman–Crippen MR) is 81.3 cm³/mol. The summed E-state index contributed by atoms with van der Waals surface area (Å²) in [6, 6.07) is 13.3. The summed E-state index contributed by atoms with van der Waals surface area (Å²) < 4.78 is 14.0. The molecule has 0 bridgehead atoms. The fourth-order valence-electron chi connectivity index (χ4n) is 1.75. The number of carbonyl (C=O) groups is 1. The minimum Gasteiger partial charge on any atom is -0.338 e. The molecule has 2 rings (SSSR count). The van der Waals surface area contributed by atoms with E-state index in [0.29, 0.717) is 12.2 Å². The lowest BCUT2D eigenvalue weighted by Gasteiger charge is -2.08. The van der Waals surface area contributed by atoms with E-state index in [2.05, 4.69) is 26.6 Å². The van der Waals surface area contributed by atoms with Crippen LogP contribution in [0, 0.1) is 5.82 Å². The summed E-state index contributed by atoms with van der Waals surface area (Å²) in [5, 5.41) is 5.31. The maximum atomic E-state index is 13.0. The van der Waals surface area contributed by atoms with Crippen molar-refractivity contribution in [3.8, 4) is 0 Å². The topological polar surface area (TPSA) is 41.1 Å². The van der Waals surface area contributed by atoms with Crippen molar-refractivity contribution in [3.63, 3.8) is 0 Å². The van der Waals surface area contributed by atoms with E-state index in [0.717, 1.165) is 16.5 Å². The zero-order valence-corrected chi connectivity index (χ0v) is 12.3. The van der Waals surface area contributed by atoms with Gasteiger partial charge in [-0.1, -0.05) is 40.2 Å². The van der Waals surface area contributed by atoms with Crippen molar-refractivity contribution in [1.82, 2.24) is 5.32 Å². The van der Waals surface area contributed by atoms with Crippen molar-refractivity contribution in [2.24, 2.45) is 0 Å². The molecule has 0 radical (unpaired) electrons. The molecule has 0 heterocycles. The van der Waals surface area contributed by atoms with E-state index in [1.165, 1.54) is 12.1 Å². The summed E-state index contributed by atoms with van der Waals surface area (Å²) in [6.45, 7) is 0.504. The minimum atomic E-state index is -0.379. The lowest BCUT2D eigenvalue weighted by molar-refractivity contribution is 0.252. The average molecular weight is 337 g/mol. The highest BCUT2D eigenvalue weighted by Gasteiger charge is 2.03. The van der Waals surface area contributed by atoms with Gasteiger partial charge in [-0.25, -0.2) is 9.18 Å². The SMILES string of the molecule is O=C(NCCc1ccccc1Br)Nc1cccc(F)c1. The van der Waals surface area contributed by atoms with Gasteiger partial charge in [-0.15, -0.1) is 0 Å². The first-order valence-electron chi connectivity index (χ1n) is 6.19. The van der Waals surface area contributed by atoms with E-state index in [-0.39, 0.29) is 11.8 Å². The van der Waals surface area contributed by atoms with Crippen molar-refractivity contribution < 1.29 is 9.18 Å². The van der Waals surface area contributed by atoms with E-state index < -0.39 is 0 Å². The Balaban J connectivity index is 1.80. The number of carbonyl (C=O) groups excluding carboxylic acids is 1. The first kappa shape index (κ1) is 14.5. The molecule has 0 unspecified atom stereocenters. The largest absolute Gasteiger partial charge is 0.338 e. The molecular formula is C15H14BrFN2O. The van der Waals surface area contributed by atoms with Crippen LogP contribution in [0.15, 0.2) is 53.0 Å². The standard InChI is InChI=1S/C15H14BrFN2O/c16-14-7-2-1-4-11(14)8-9-18-15(20)19-13-6-3-5-12(17)10-13/h1-7,10H,8-9H2,(H2,18,19,20). The first-order chi connectivity index (χ1) is 9.65. The van der Waals surface area contributed by atoms with E-state index >= 15 is 0 Å². The lowest BCUT2D eigenvalue weighted by atomic mass is 10.1. The monoisotopic (exact) mass is 336 g/mol. The van der Waals surface area contributed by atoms with E-state index in [1.807, 2.05) is 24.3 Å². The third-order valence-corrected chi connectivity index (χ3v) is 3.49. The van der Waals surface area contributed by atoms with Crippen LogP contribution in [0.4, 0.5) is 14.9 Å². The molecule has 0 spiro atoms. The van der Waals surface area contributed by atoms with Crippen molar-refractivity contribution in [3.05, 3.63) is 64.4 Å². The molecule has 0 aliphatic rings. The Kier molecular flexibility index (Phi) is 5.12. The molecule has 0 saturated carbocycles. The highest BCUT2D eigenvalue weighted by molar-refractivity contribution is 9.10. The molecule has 2 N–H and O–H groups in total. The maximum absolute atomic E-state index is 13.0. The quantitative estimate of drug-likeness (QED) is 0.871. The van der Waals surface area contributed by atoms with Crippen molar-refractivity contribution >= 4 is 27.6 Å². The van der Waals surface area contributed by atoms with Crippen LogP contribution in [0.2, 0.25) is 0 Å². The molecule has 0 aliphatic carbocycles. The number of hydrogen-bond acceptors (Lipinski definition) is 1. The van der Waals surface area contributed by atoms with Gasteiger partial charge in [-0.2, -0.15) is 0 Å². The number of anilines is 1. The highest BCUT2D eigenvalue weighted by Crippen LogP contribution is 2.15. The zero-order chi connectivity index (χ0) is 14.4. The van der Waals surface area contributed by atoms with Crippen LogP contribution < -0.4 is 10.6 Å². The van der Waals surface area contributed by atoms with Crippen molar-refractivity contribution in [2.75, 3.05) is 11.9 Å². The van der Waals surface area contributed by atoms with Gasteiger partial charge in [0, 0.05) is 16.7 Å². The summed E-state index contributed by atoms with van der Waals surface area (Å²) in [7, 11) is 0. The van der Waals surface area contributed by atoms with Gasteiger partial charge in [0.2, 0.25) is 0 Å². The molecule has 0 atom stereocenters. The number of halogens is 2. The molecule has 0 saturated heterocycles. The van der Waals surface area contributed by atoms with Crippen LogP contribution in [-0.2, 0) is 6.42 Å². The van der Waals surface area contributed by atoms with Crippen molar-refractivity contribution in [2.45, 2.75) is 6.42 Å². The Morgan fingerprint density at radius 1 is 1.15 bits per heavy atom. The molecule has 2 aromatic rings. The summed E-state index contributed by atoms with van der Waals surface area (Å²) in [5.74, 6) is -0.379. The van der Waals surface area contributed by atoms with E-state index in [9.17, 15) is 9.18 Å². The van der Waals surface area contributed by atoms with Crippen LogP contribution >= 0.6 is 15.9 Å². The van der Waals surface area contributed by atoms with Crippen LogP contribution in [-0.4, -0.2) is 12.6 Å². The number of rotatable bonds is 4. The molecule has 2 aromatic carbocycles. The highest BCUT2D eigenvalue weighted by atomic mass is 79.9. The van der Waals surface area contributed by atoms with E-state index in [4.69, 9.17) is 0 Å². The van der Waals surface area contributed by atoms with Gasteiger partial charge in [-0.3, -0.25) is 0 Å². The third-order valence-electron chi connectivity index (χ3n) is 2.72. The lowest BCUT2D eigenvalue weighted by Crippen LogP contribution is -2.30. The minimum absolute atomic E-state index is 0.345. The Labute approximate surface area is 125 Å².